The van der Waals surface area contributed by atoms with E-state index in [1.165, 1.54) is 25.9 Å². The fourth-order valence-electron chi connectivity index (χ4n) is 2.50. The van der Waals surface area contributed by atoms with E-state index in [0.717, 1.165) is 19.0 Å². The fraction of sp³-hybridized carbons (Fsp3) is 0.929. The van der Waals surface area contributed by atoms with Gasteiger partial charge in [0.15, 0.2) is 0 Å². The van der Waals surface area contributed by atoms with Crippen LogP contribution in [0.2, 0.25) is 0 Å². The van der Waals surface area contributed by atoms with Crippen molar-refractivity contribution in [1.82, 2.24) is 9.80 Å². The van der Waals surface area contributed by atoms with Gasteiger partial charge in [-0.25, -0.2) is 0 Å². The SMILES string of the molecule is CC(C)C(C#N)CN(C)CC1CCN(C)CC1. The number of nitrogens with zero attached hydrogens (tertiary/aromatic N) is 3. The zero-order chi connectivity index (χ0) is 12.8. The molecule has 0 amide bonds. The largest absolute Gasteiger partial charge is 0.306 e. The molecule has 0 aromatic heterocycles. The van der Waals surface area contributed by atoms with E-state index in [9.17, 15) is 0 Å². The highest BCUT2D eigenvalue weighted by Gasteiger charge is 2.20. The molecule has 1 atom stereocenters. The summed E-state index contributed by atoms with van der Waals surface area (Å²) in [7, 11) is 4.36. The van der Waals surface area contributed by atoms with E-state index >= 15 is 0 Å². The van der Waals surface area contributed by atoms with Crippen LogP contribution in [0.15, 0.2) is 0 Å². The highest BCUT2D eigenvalue weighted by atomic mass is 15.1. The summed E-state index contributed by atoms with van der Waals surface area (Å²) in [6.07, 6.45) is 2.61. The number of likely N-dealkylation sites (tertiary alicyclic amines) is 1. The maximum atomic E-state index is 9.10. The predicted molar refractivity (Wildman–Crippen MR) is 71.7 cm³/mol. The van der Waals surface area contributed by atoms with E-state index < -0.39 is 0 Å². The molecule has 98 valence electrons. The molecule has 0 bridgehead atoms. The normalized spacial score (nSPS) is 20.8. The predicted octanol–water partition coefficient (Wildman–Crippen LogP) is 2.06. The third-order valence-corrected chi connectivity index (χ3v) is 3.89. The summed E-state index contributed by atoms with van der Waals surface area (Å²) >= 11 is 0. The van der Waals surface area contributed by atoms with Crippen LogP contribution in [0, 0.1) is 29.1 Å². The van der Waals surface area contributed by atoms with E-state index in [1.54, 1.807) is 0 Å². The van der Waals surface area contributed by atoms with E-state index in [1.807, 2.05) is 0 Å². The summed E-state index contributed by atoms with van der Waals surface area (Å²) in [5.74, 6) is 1.45. The third kappa shape index (κ3) is 5.06. The summed E-state index contributed by atoms with van der Waals surface area (Å²) in [5, 5.41) is 9.10. The molecule has 1 saturated heterocycles. The Morgan fingerprint density at radius 3 is 2.41 bits per heavy atom. The van der Waals surface area contributed by atoms with Crippen LogP contribution < -0.4 is 0 Å². The van der Waals surface area contributed by atoms with Crippen molar-refractivity contribution >= 4 is 0 Å². The Hall–Kier alpha value is -0.590. The Labute approximate surface area is 106 Å². The number of hydrogen-bond donors (Lipinski definition) is 0. The topological polar surface area (TPSA) is 30.3 Å². The Balaban J connectivity index is 2.29. The van der Waals surface area contributed by atoms with Gasteiger partial charge in [0.25, 0.3) is 0 Å². The molecule has 3 heteroatoms. The van der Waals surface area contributed by atoms with Gasteiger partial charge in [0.1, 0.15) is 0 Å². The van der Waals surface area contributed by atoms with Gasteiger partial charge in [-0.1, -0.05) is 13.8 Å². The standard InChI is InChI=1S/C14H27N3/c1-12(2)14(9-15)11-17(4)10-13-5-7-16(3)8-6-13/h12-14H,5-8,10-11H2,1-4H3. The molecule has 1 unspecified atom stereocenters. The number of rotatable bonds is 5. The van der Waals surface area contributed by atoms with Crippen molar-refractivity contribution in [2.24, 2.45) is 17.8 Å². The quantitative estimate of drug-likeness (QED) is 0.733. The Bertz CT molecular complexity index is 249. The monoisotopic (exact) mass is 237 g/mol. The molecule has 1 aliphatic rings. The van der Waals surface area contributed by atoms with Crippen LogP contribution in [-0.2, 0) is 0 Å². The maximum Gasteiger partial charge on any atom is 0.0671 e. The molecule has 1 fully saturated rings. The van der Waals surface area contributed by atoms with Crippen LogP contribution in [0.4, 0.5) is 0 Å². The van der Waals surface area contributed by atoms with Gasteiger partial charge in [-0.2, -0.15) is 5.26 Å². The van der Waals surface area contributed by atoms with Crippen LogP contribution in [0.1, 0.15) is 26.7 Å². The van der Waals surface area contributed by atoms with Gasteiger partial charge >= 0.3 is 0 Å². The molecule has 0 spiro atoms. The molecule has 1 aliphatic heterocycles. The van der Waals surface area contributed by atoms with Gasteiger partial charge in [0, 0.05) is 13.1 Å². The highest BCUT2D eigenvalue weighted by Crippen LogP contribution is 2.18. The fourth-order valence-corrected chi connectivity index (χ4v) is 2.50. The van der Waals surface area contributed by atoms with E-state index in [2.05, 4.69) is 43.8 Å². The van der Waals surface area contributed by atoms with E-state index in [0.29, 0.717) is 5.92 Å². The van der Waals surface area contributed by atoms with Crippen molar-refractivity contribution in [2.75, 3.05) is 40.3 Å². The number of hydrogen-bond acceptors (Lipinski definition) is 3. The minimum Gasteiger partial charge on any atom is -0.306 e. The molecular formula is C14H27N3. The lowest BCUT2D eigenvalue weighted by Gasteiger charge is -2.32. The first kappa shape index (κ1) is 14.5. The van der Waals surface area contributed by atoms with Gasteiger partial charge in [-0.3, -0.25) is 0 Å². The smallest absolute Gasteiger partial charge is 0.0671 e. The minimum absolute atomic E-state index is 0.172. The van der Waals surface area contributed by atoms with Crippen molar-refractivity contribution in [2.45, 2.75) is 26.7 Å². The molecule has 0 aliphatic carbocycles. The molecular weight excluding hydrogens is 210 g/mol. The Kier molecular flexibility index (Phi) is 5.94. The zero-order valence-electron chi connectivity index (χ0n) is 11.8. The van der Waals surface area contributed by atoms with Crippen LogP contribution in [0.3, 0.4) is 0 Å². The van der Waals surface area contributed by atoms with Crippen molar-refractivity contribution in [1.29, 1.82) is 5.26 Å². The van der Waals surface area contributed by atoms with Crippen LogP contribution in [0.25, 0.3) is 0 Å². The Morgan fingerprint density at radius 1 is 1.35 bits per heavy atom. The number of nitriles is 1. The average molecular weight is 237 g/mol. The van der Waals surface area contributed by atoms with Crippen LogP contribution >= 0.6 is 0 Å². The molecule has 0 aromatic carbocycles. The molecule has 1 rings (SSSR count). The highest BCUT2D eigenvalue weighted by molar-refractivity contribution is 4.87. The molecule has 0 radical (unpaired) electrons. The minimum atomic E-state index is 0.172. The van der Waals surface area contributed by atoms with Gasteiger partial charge < -0.3 is 9.80 Å². The second-order valence-corrected chi connectivity index (χ2v) is 5.95. The summed E-state index contributed by atoms with van der Waals surface area (Å²) in [6, 6.07) is 2.43. The molecule has 0 saturated carbocycles. The van der Waals surface area contributed by atoms with Crippen LogP contribution in [0.5, 0.6) is 0 Å². The summed E-state index contributed by atoms with van der Waals surface area (Å²) in [5.41, 5.74) is 0. The van der Waals surface area contributed by atoms with Crippen LogP contribution in [-0.4, -0.2) is 50.1 Å². The lowest BCUT2D eigenvalue weighted by atomic mass is 9.94. The lowest BCUT2D eigenvalue weighted by molar-refractivity contribution is 0.165. The van der Waals surface area contributed by atoms with Crippen molar-refractivity contribution < 1.29 is 0 Å². The van der Waals surface area contributed by atoms with E-state index in [-0.39, 0.29) is 5.92 Å². The number of piperidine rings is 1. The first-order valence-electron chi connectivity index (χ1n) is 6.79. The molecule has 0 aromatic rings. The Morgan fingerprint density at radius 2 is 1.94 bits per heavy atom. The summed E-state index contributed by atoms with van der Waals surface area (Å²) in [6.45, 7) is 8.79. The second-order valence-electron chi connectivity index (χ2n) is 5.95. The first-order chi connectivity index (χ1) is 8.02. The summed E-state index contributed by atoms with van der Waals surface area (Å²) < 4.78 is 0. The first-order valence-corrected chi connectivity index (χ1v) is 6.79. The lowest BCUT2D eigenvalue weighted by Crippen LogP contribution is -2.37. The van der Waals surface area contributed by atoms with Crippen molar-refractivity contribution in [3.8, 4) is 6.07 Å². The second kappa shape index (κ2) is 6.98. The maximum absolute atomic E-state index is 9.10. The third-order valence-electron chi connectivity index (χ3n) is 3.89. The van der Waals surface area contributed by atoms with Crippen molar-refractivity contribution in [3.05, 3.63) is 0 Å². The average Bonchev–Trinajstić information content (AvgIpc) is 2.28. The van der Waals surface area contributed by atoms with Gasteiger partial charge in [-0.15, -0.1) is 0 Å². The summed E-state index contributed by atoms with van der Waals surface area (Å²) in [4.78, 5) is 4.76. The molecule has 17 heavy (non-hydrogen) atoms. The van der Waals surface area contributed by atoms with Gasteiger partial charge in [0.05, 0.1) is 12.0 Å². The molecule has 1 heterocycles. The molecule has 3 nitrogen and oxygen atoms in total. The van der Waals surface area contributed by atoms with Crippen molar-refractivity contribution in [3.63, 3.8) is 0 Å². The van der Waals surface area contributed by atoms with Gasteiger partial charge in [0.2, 0.25) is 0 Å². The molecule has 0 N–H and O–H groups in total. The zero-order valence-corrected chi connectivity index (χ0v) is 11.8. The van der Waals surface area contributed by atoms with Gasteiger partial charge in [-0.05, 0) is 51.9 Å². The van der Waals surface area contributed by atoms with E-state index in [4.69, 9.17) is 5.26 Å².